The monoisotopic (exact) mass is 301 g/mol. The highest BCUT2D eigenvalue weighted by molar-refractivity contribution is 7.09. The molecule has 0 radical (unpaired) electrons. The number of hydrogen-bond acceptors (Lipinski definition) is 4. The first-order valence-electron chi connectivity index (χ1n) is 7.09. The molecule has 110 valence electrons. The Balaban J connectivity index is 1.93. The standard InChI is InChI=1S/C16H19N3OS/c1-18-16(20)11-4-7-14(17)15(9-11)19(12-5-6-12)10-13-3-2-8-21-13/h2-4,7-9,12H,5-6,10,17H2,1H3,(H,18,20). The van der Waals surface area contributed by atoms with Gasteiger partial charge in [-0.2, -0.15) is 0 Å². The summed E-state index contributed by atoms with van der Waals surface area (Å²) in [6.45, 7) is 0.851. The lowest BCUT2D eigenvalue weighted by Crippen LogP contribution is -2.26. The third-order valence-electron chi connectivity index (χ3n) is 3.72. The Morgan fingerprint density at radius 2 is 2.24 bits per heavy atom. The van der Waals surface area contributed by atoms with Crippen molar-refractivity contribution in [2.24, 2.45) is 0 Å². The maximum atomic E-state index is 11.8. The zero-order valence-electron chi connectivity index (χ0n) is 12.0. The molecule has 3 rings (SSSR count). The lowest BCUT2D eigenvalue weighted by Gasteiger charge is -2.26. The minimum atomic E-state index is -0.0804. The number of anilines is 2. The van der Waals surface area contributed by atoms with Crippen molar-refractivity contribution in [1.82, 2.24) is 5.32 Å². The second-order valence-corrected chi connectivity index (χ2v) is 6.32. The molecule has 4 nitrogen and oxygen atoms in total. The van der Waals surface area contributed by atoms with Gasteiger partial charge in [-0.15, -0.1) is 11.3 Å². The minimum absolute atomic E-state index is 0.0804. The van der Waals surface area contributed by atoms with Gasteiger partial charge < -0.3 is 16.0 Å². The second kappa shape index (κ2) is 5.77. The van der Waals surface area contributed by atoms with Crippen LogP contribution in [0.15, 0.2) is 35.7 Å². The van der Waals surface area contributed by atoms with Crippen molar-refractivity contribution >= 4 is 28.6 Å². The number of nitrogens with one attached hydrogen (secondary N) is 1. The molecule has 1 heterocycles. The summed E-state index contributed by atoms with van der Waals surface area (Å²) in [6, 6.07) is 10.2. The number of nitrogens with zero attached hydrogens (tertiary/aromatic N) is 1. The SMILES string of the molecule is CNC(=O)c1ccc(N)c(N(Cc2cccs2)C2CC2)c1. The van der Waals surface area contributed by atoms with E-state index in [0.717, 1.165) is 17.9 Å². The zero-order chi connectivity index (χ0) is 14.8. The molecule has 2 aromatic rings. The van der Waals surface area contributed by atoms with E-state index < -0.39 is 0 Å². The van der Waals surface area contributed by atoms with E-state index >= 15 is 0 Å². The van der Waals surface area contributed by atoms with Gasteiger partial charge in [0.2, 0.25) is 0 Å². The molecule has 21 heavy (non-hydrogen) atoms. The molecule has 1 amide bonds. The normalized spacial score (nSPS) is 14.0. The van der Waals surface area contributed by atoms with Crippen LogP contribution < -0.4 is 16.0 Å². The molecule has 0 spiro atoms. The van der Waals surface area contributed by atoms with Crippen LogP contribution in [0.4, 0.5) is 11.4 Å². The molecule has 0 aliphatic heterocycles. The first-order valence-corrected chi connectivity index (χ1v) is 7.97. The minimum Gasteiger partial charge on any atom is -0.397 e. The summed E-state index contributed by atoms with van der Waals surface area (Å²) >= 11 is 1.75. The fourth-order valence-electron chi connectivity index (χ4n) is 2.45. The topological polar surface area (TPSA) is 58.4 Å². The van der Waals surface area contributed by atoms with E-state index in [2.05, 4.69) is 27.7 Å². The van der Waals surface area contributed by atoms with Crippen LogP contribution in [-0.2, 0) is 6.54 Å². The van der Waals surface area contributed by atoms with Gasteiger partial charge in [-0.3, -0.25) is 4.79 Å². The Kier molecular flexibility index (Phi) is 3.84. The second-order valence-electron chi connectivity index (χ2n) is 5.29. The molecule has 1 fully saturated rings. The first-order chi connectivity index (χ1) is 10.2. The molecular formula is C16H19N3OS. The van der Waals surface area contributed by atoms with Crippen LogP contribution >= 0.6 is 11.3 Å². The summed E-state index contributed by atoms with van der Waals surface area (Å²) < 4.78 is 0. The number of carbonyl (C=O) groups excluding carboxylic acids is 1. The van der Waals surface area contributed by atoms with Crippen molar-refractivity contribution < 1.29 is 4.79 Å². The van der Waals surface area contributed by atoms with Crippen LogP contribution in [0.3, 0.4) is 0 Å². The molecule has 1 aliphatic carbocycles. The number of benzene rings is 1. The summed E-state index contributed by atoms with van der Waals surface area (Å²) in [7, 11) is 1.64. The molecular weight excluding hydrogens is 282 g/mol. The summed E-state index contributed by atoms with van der Waals surface area (Å²) in [4.78, 5) is 15.5. The van der Waals surface area contributed by atoms with E-state index in [1.54, 1.807) is 24.5 Å². The van der Waals surface area contributed by atoms with E-state index in [1.807, 2.05) is 12.1 Å². The van der Waals surface area contributed by atoms with Crippen molar-refractivity contribution in [2.75, 3.05) is 17.7 Å². The smallest absolute Gasteiger partial charge is 0.251 e. The maximum absolute atomic E-state index is 11.8. The van der Waals surface area contributed by atoms with Crippen molar-refractivity contribution in [2.45, 2.75) is 25.4 Å². The molecule has 1 aliphatic rings. The molecule has 0 atom stereocenters. The van der Waals surface area contributed by atoms with E-state index in [9.17, 15) is 4.79 Å². The number of nitrogens with two attached hydrogens (primary N) is 1. The average molecular weight is 301 g/mol. The van der Waals surface area contributed by atoms with E-state index in [1.165, 1.54) is 17.7 Å². The van der Waals surface area contributed by atoms with Gasteiger partial charge in [0, 0.05) is 23.5 Å². The molecule has 0 bridgehead atoms. The third kappa shape index (κ3) is 3.03. The molecule has 1 aromatic heterocycles. The molecule has 1 saturated carbocycles. The highest BCUT2D eigenvalue weighted by Crippen LogP contribution is 2.37. The van der Waals surface area contributed by atoms with Gasteiger partial charge in [0.15, 0.2) is 0 Å². The molecule has 3 N–H and O–H groups in total. The fraction of sp³-hybridized carbons (Fsp3) is 0.312. The summed E-state index contributed by atoms with van der Waals surface area (Å²) in [6.07, 6.45) is 2.38. The van der Waals surface area contributed by atoms with E-state index in [-0.39, 0.29) is 5.91 Å². The number of thiophene rings is 1. The van der Waals surface area contributed by atoms with Crippen LogP contribution in [0.2, 0.25) is 0 Å². The lowest BCUT2D eigenvalue weighted by molar-refractivity contribution is 0.0963. The van der Waals surface area contributed by atoms with Crippen LogP contribution in [0, 0.1) is 0 Å². The summed E-state index contributed by atoms with van der Waals surface area (Å²) in [5.41, 5.74) is 8.50. The highest BCUT2D eigenvalue weighted by atomic mass is 32.1. The van der Waals surface area contributed by atoms with Crippen LogP contribution in [0.1, 0.15) is 28.1 Å². The zero-order valence-corrected chi connectivity index (χ0v) is 12.8. The Bertz CT molecular complexity index is 635. The van der Waals surface area contributed by atoms with Crippen LogP contribution in [0.5, 0.6) is 0 Å². The lowest BCUT2D eigenvalue weighted by atomic mass is 10.1. The molecule has 5 heteroatoms. The number of nitrogen functional groups attached to an aromatic ring is 1. The molecule has 1 aromatic carbocycles. The highest BCUT2D eigenvalue weighted by Gasteiger charge is 2.30. The van der Waals surface area contributed by atoms with Crippen molar-refractivity contribution in [3.8, 4) is 0 Å². The quantitative estimate of drug-likeness (QED) is 0.835. The first kappa shape index (κ1) is 13.9. The predicted octanol–water partition coefficient (Wildman–Crippen LogP) is 2.86. The van der Waals surface area contributed by atoms with Crippen LogP contribution in [0.25, 0.3) is 0 Å². The van der Waals surface area contributed by atoms with Gasteiger partial charge in [0.25, 0.3) is 5.91 Å². The summed E-state index contributed by atoms with van der Waals surface area (Å²) in [5.74, 6) is -0.0804. The van der Waals surface area contributed by atoms with Gasteiger partial charge in [0.05, 0.1) is 17.9 Å². The predicted molar refractivity (Wildman–Crippen MR) is 87.8 cm³/mol. The third-order valence-corrected chi connectivity index (χ3v) is 4.58. The summed E-state index contributed by atoms with van der Waals surface area (Å²) in [5, 5.41) is 4.75. The molecule has 0 saturated heterocycles. The van der Waals surface area contributed by atoms with Crippen LogP contribution in [-0.4, -0.2) is 19.0 Å². The van der Waals surface area contributed by atoms with Gasteiger partial charge in [-0.1, -0.05) is 6.07 Å². The Labute approximate surface area is 128 Å². The number of carbonyl (C=O) groups is 1. The maximum Gasteiger partial charge on any atom is 0.251 e. The van der Waals surface area contributed by atoms with Gasteiger partial charge >= 0.3 is 0 Å². The fourth-order valence-corrected chi connectivity index (χ4v) is 3.15. The van der Waals surface area contributed by atoms with Gasteiger partial charge in [-0.25, -0.2) is 0 Å². The largest absolute Gasteiger partial charge is 0.397 e. The van der Waals surface area contributed by atoms with Crippen molar-refractivity contribution in [1.29, 1.82) is 0 Å². The molecule has 0 unspecified atom stereocenters. The van der Waals surface area contributed by atoms with Crippen molar-refractivity contribution in [3.05, 3.63) is 46.2 Å². The Morgan fingerprint density at radius 1 is 1.43 bits per heavy atom. The Morgan fingerprint density at radius 3 is 2.86 bits per heavy atom. The number of rotatable bonds is 5. The Hall–Kier alpha value is -2.01. The average Bonchev–Trinajstić information content (AvgIpc) is 3.21. The number of hydrogen-bond donors (Lipinski definition) is 2. The van der Waals surface area contributed by atoms with E-state index in [4.69, 9.17) is 5.73 Å². The van der Waals surface area contributed by atoms with Crippen molar-refractivity contribution in [3.63, 3.8) is 0 Å². The number of amides is 1. The van der Waals surface area contributed by atoms with Gasteiger partial charge in [0.1, 0.15) is 0 Å². The van der Waals surface area contributed by atoms with E-state index in [0.29, 0.717) is 11.6 Å². The van der Waals surface area contributed by atoms with Gasteiger partial charge in [-0.05, 0) is 42.5 Å².